The third-order valence-corrected chi connectivity index (χ3v) is 3.84. The van der Waals surface area contributed by atoms with E-state index in [1.807, 2.05) is 36.4 Å². The molecule has 0 radical (unpaired) electrons. The number of carbonyl (C=O) groups is 1. The maximum absolute atomic E-state index is 11.0. The zero-order valence-corrected chi connectivity index (χ0v) is 11.6. The van der Waals surface area contributed by atoms with Crippen LogP contribution >= 0.6 is 0 Å². The predicted octanol–water partition coefficient (Wildman–Crippen LogP) is 2.44. The minimum absolute atomic E-state index is 0.225. The van der Waals surface area contributed by atoms with Gasteiger partial charge in [-0.05, 0) is 18.9 Å². The summed E-state index contributed by atoms with van der Waals surface area (Å²) in [4.78, 5) is 22.0. The van der Waals surface area contributed by atoms with E-state index in [0.29, 0.717) is 18.7 Å². The van der Waals surface area contributed by atoms with Crippen LogP contribution in [0.25, 0.3) is 11.4 Å². The molecule has 0 aliphatic carbocycles. The monoisotopic (exact) mass is 283 g/mol. The molecule has 21 heavy (non-hydrogen) atoms. The van der Waals surface area contributed by atoms with E-state index in [2.05, 4.69) is 14.9 Å². The van der Waals surface area contributed by atoms with Crippen LogP contribution in [0.2, 0.25) is 0 Å². The van der Waals surface area contributed by atoms with Gasteiger partial charge in [0.05, 0.1) is 5.92 Å². The van der Waals surface area contributed by atoms with E-state index < -0.39 is 5.97 Å². The molecule has 0 bridgehead atoms. The van der Waals surface area contributed by atoms with Gasteiger partial charge in [-0.1, -0.05) is 30.3 Å². The normalized spacial score (nSPS) is 15.9. The van der Waals surface area contributed by atoms with Crippen molar-refractivity contribution in [3.63, 3.8) is 0 Å². The molecule has 1 aromatic heterocycles. The second kappa shape index (κ2) is 5.91. The first-order valence-corrected chi connectivity index (χ1v) is 7.10. The molecule has 1 saturated heterocycles. The summed E-state index contributed by atoms with van der Waals surface area (Å²) in [5.74, 6) is 0.653. The lowest BCUT2D eigenvalue weighted by atomic mass is 9.97. The molecule has 3 rings (SSSR count). The molecule has 0 unspecified atom stereocenters. The molecule has 2 heterocycles. The van der Waals surface area contributed by atoms with Crippen LogP contribution in [0.3, 0.4) is 0 Å². The van der Waals surface area contributed by atoms with Crippen LogP contribution in [-0.4, -0.2) is 34.1 Å². The molecule has 1 N–H and O–H groups in total. The third-order valence-electron chi connectivity index (χ3n) is 3.84. The zero-order valence-electron chi connectivity index (χ0n) is 11.6. The van der Waals surface area contributed by atoms with Crippen molar-refractivity contribution in [2.75, 3.05) is 18.0 Å². The number of aliphatic carboxylic acids is 1. The SMILES string of the molecule is O=C(O)C1CCN(c2ccnc(-c3ccccc3)n2)CC1. The number of aromatic nitrogens is 2. The molecule has 1 aliphatic heterocycles. The van der Waals surface area contributed by atoms with E-state index in [9.17, 15) is 4.79 Å². The minimum Gasteiger partial charge on any atom is -0.481 e. The molecule has 1 aliphatic rings. The summed E-state index contributed by atoms with van der Waals surface area (Å²) in [5, 5.41) is 9.04. The van der Waals surface area contributed by atoms with Crippen molar-refractivity contribution < 1.29 is 9.90 Å². The number of hydrogen-bond acceptors (Lipinski definition) is 4. The molecule has 5 heteroatoms. The van der Waals surface area contributed by atoms with Crippen LogP contribution in [0.1, 0.15) is 12.8 Å². The van der Waals surface area contributed by atoms with Crippen LogP contribution in [0, 0.1) is 5.92 Å². The first-order chi connectivity index (χ1) is 10.2. The van der Waals surface area contributed by atoms with Gasteiger partial charge in [-0.15, -0.1) is 0 Å². The molecule has 0 amide bonds. The number of anilines is 1. The average Bonchev–Trinajstić information content (AvgIpc) is 2.56. The van der Waals surface area contributed by atoms with E-state index in [-0.39, 0.29) is 5.92 Å². The molecule has 1 fully saturated rings. The van der Waals surface area contributed by atoms with E-state index in [0.717, 1.165) is 24.5 Å². The van der Waals surface area contributed by atoms with E-state index >= 15 is 0 Å². The number of piperidine rings is 1. The second-order valence-electron chi connectivity index (χ2n) is 5.20. The fraction of sp³-hybridized carbons (Fsp3) is 0.312. The Bertz CT molecular complexity index is 622. The van der Waals surface area contributed by atoms with Crippen molar-refractivity contribution >= 4 is 11.8 Å². The summed E-state index contributed by atoms with van der Waals surface area (Å²) in [5.41, 5.74) is 0.986. The topological polar surface area (TPSA) is 66.3 Å². The lowest BCUT2D eigenvalue weighted by Crippen LogP contribution is -2.36. The highest BCUT2D eigenvalue weighted by molar-refractivity contribution is 5.70. The summed E-state index contributed by atoms with van der Waals surface area (Å²) in [6.45, 7) is 1.45. The van der Waals surface area contributed by atoms with E-state index in [1.54, 1.807) is 6.20 Å². The highest BCUT2D eigenvalue weighted by Crippen LogP contribution is 2.23. The minimum atomic E-state index is -0.692. The molecule has 1 aromatic carbocycles. The van der Waals surface area contributed by atoms with Gasteiger partial charge in [-0.3, -0.25) is 4.79 Å². The Kier molecular flexibility index (Phi) is 3.81. The van der Waals surface area contributed by atoms with Crippen molar-refractivity contribution in [1.82, 2.24) is 9.97 Å². The lowest BCUT2D eigenvalue weighted by Gasteiger charge is -2.31. The Morgan fingerprint density at radius 1 is 1.14 bits per heavy atom. The number of nitrogens with zero attached hydrogens (tertiary/aromatic N) is 3. The highest BCUT2D eigenvalue weighted by Gasteiger charge is 2.25. The first kappa shape index (κ1) is 13.5. The fourth-order valence-electron chi connectivity index (χ4n) is 2.61. The molecule has 0 spiro atoms. The molecule has 108 valence electrons. The number of carboxylic acid groups (broad SMARTS) is 1. The van der Waals surface area contributed by atoms with Gasteiger partial charge < -0.3 is 10.0 Å². The Hall–Kier alpha value is -2.43. The van der Waals surface area contributed by atoms with Gasteiger partial charge in [0, 0.05) is 24.8 Å². The summed E-state index contributed by atoms with van der Waals surface area (Å²) in [7, 11) is 0. The van der Waals surface area contributed by atoms with Gasteiger partial charge in [0.15, 0.2) is 5.82 Å². The Morgan fingerprint density at radius 2 is 1.86 bits per heavy atom. The largest absolute Gasteiger partial charge is 0.481 e. The average molecular weight is 283 g/mol. The van der Waals surface area contributed by atoms with E-state index in [4.69, 9.17) is 5.11 Å². The standard InChI is InChI=1S/C16H17N3O2/c20-16(21)13-7-10-19(11-8-13)14-6-9-17-15(18-14)12-4-2-1-3-5-12/h1-6,9,13H,7-8,10-11H2,(H,20,21). The van der Waals surface area contributed by atoms with Gasteiger partial charge in [0.2, 0.25) is 0 Å². The van der Waals surface area contributed by atoms with Crippen LogP contribution in [0.4, 0.5) is 5.82 Å². The third kappa shape index (κ3) is 3.02. The summed E-state index contributed by atoms with van der Waals surface area (Å²) in [6.07, 6.45) is 3.09. The molecule has 2 aromatic rings. The Labute approximate surface area is 123 Å². The van der Waals surface area contributed by atoms with Gasteiger partial charge in [0.1, 0.15) is 5.82 Å². The van der Waals surface area contributed by atoms with E-state index in [1.165, 1.54) is 0 Å². The molecule has 5 nitrogen and oxygen atoms in total. The summed E-state index contributed by atoms with van der Waals surface area (Å²) >= 11 is 0. The highest BCUT2D eigenvalue weighted by atomic mass is 16.4. The van der Waals surface area contributed by atoms with Crippen molar-refractivity contribution in [1.29, 1.82) is 0 Å². The molecule has 0 saturated carbocycles. The lowest BCUT2D eigenvalue weighted by molar-refractivity contribution is -0.142. The van der Waals surface area contributed by atoms with Crippen molar-refractivity contribution in [3.8, 4) is 11.4 Å². The second-order valence-corrected chi connectivity index (χ2v) is 5.20. The van der Waals surface area contributed by atoms with Crippen LogP contribution in [-0.2, 0) is 4.79 Å². The number of hydrogen-bond donors (Lipinski definition) is 1. The maximum Gasteiger partial charge on any atom is 0.306 e. The first-order valence-electron chi connectivity index (χ1n) is 7.10. The fourth-order valence-corrected chi connectivity index (χ4v) is 2.61. The van der Waals surface area contributed by atoms with Gasteiger partial charge in [0.25, 0.3) is 0 Å². The molecular weight excluding hydrogens is 266 g/mol. The van der Waals surface area contributed by atoms with Gasteiger partial charge >= 0.3 is 5.97 Å². The quantitative estimate of drug-likeness (QED) is 0.937. The molecule has 0 atom stereocenters. The maximum atomic E-state index is 11.0. The van der Waals surface area contributed by atoms with Crippen molar-refractivity contribution in [2.45, 2.75) is 12.8 Å². The summed E-state index contributed by atoms with van der Waals surface area (Å²) in [6, 6.07) is 11.7. The molecular formula is C16H17N3O2. The Morgan fingerprint density at radius 3 is 2.52 bits per heavy atom. The van der Waals surface area contributed by atoms with Gasteiger partial charge in [-0.25, -0.2) is 9.97 Å². The number of rotatable bonds is 3. The number of carboxylic acids is 1. The number of benzene rings is 1. The van der Waals surface area contributed by atoms with Crippen LogP contribution in [0.5, 0.6) is 0 Å². The van der Waals surface area contributed by atoms with Crippen LogP contribution in [0.15, 0.2) is 42.6 Å². The zero-order chi connectivity index (χ0) is 14.7. The predicted molar refractivity (Wildman–Crippen MR) is 80.0 cm³/mol. The van der Waals surface area contributed by atoms with Crippen molar-refractivity contribution in [2.24, 2.45) is 5.92 Å². The van der Waals surface area contributed by atoms with Gasteiger partial charge in [-0.2, -0.15) is 0 Å². The Balaban J connectivity index is 1.77. The smallest absolute Gasteiger partial charge is 0.306 e. The van der Waals surface area contributed by atoms with Crippen molar-refractivity contribution in [3.05, 3.63) is 42.6 Å². The summed E-state index contributed by atoms with van der Waals surface area (Å²) < 4.78 is 0. The van der Waals surface area contributed by atoms with Crippen LogP contribution < -0.4 is 4.90 Å².